The van der Waals surface area contributed by atoms with E-state index < -0.39 is 0 Å². The van der Waals surface area contributed by atoms with Crippen LogP contribution in [0.3, 0.4) is 0 Å². The molecule has 1 aliphatic rings. The van der Waals surface area contributed by atoms with E-state index in [0.717, 1.165) is 94.0 Å². The average molecular weight is 744 g/mol. The van der Waals surface area contributed by atoms with E-state index in [0.29, 0.717) is 0 Å². The fourth-order valence-electron chi connectivity index (χ4n) is 9.69. The van der Waals surface area contributed by atoms with Crippen LogP contribution in [0, 0.1) is 0 Å². The fraction of sp³-hybridized carbons (Fsp3) is 0.0545. The van der Waals surface area contributed by atoms with Crippen molar-refractivity contribution >= 4 is 71.7 Å². The van der Waals surface area contributed by atoms with E-state index in [1.807, 2.05) is 12.1 Å². The Labute approximate surface area is 336 Å². The third-order valence-electron chi connectivity index (χ3n) is 12.5. The minimum Gasteiger partial charge on any atom is -0.455 e. The summed E-state index contributed by atoms with van der Waals surface area (Å²) in [6, 6.07) is 67.6. The molecule has 2 aromatic heterocycles. The second-order valence-electron chi connectivity index (χ2n) is 16.0. The van der Waals surface area contributed by atoms with Crippen molar-refractivity contribution in [3.8, 4) is 33.4 Å². The van der Waals surface area contributed by atoms with Crippen molar-refractivity contribution in [2.75, 3.05) is 4.90 Å². The van der Waals surface area contributed by atoms with Gasteiger partial charge in [0.15, 0.2) is 0 Å². The van der Waals surface area contributed by atoms with Gasteiger partial charge in [0.1, 0.15) is 22.3 Å². The van der Waals surface area contributed by atoms with E-state index in [4.69, 9.17) is 8.83 Å². The number of hydrogen-bond acceptors (Lipinski definition) is 3. The van der Waals surface area contributed by atoms with Crippen LogP contribution in [0.25, 0.3) is 88.0 Å². The third kappa shape index (κ3) is 4.74. The highest BCUT2D eigenvalue weighted by Gasteiger charge is 2.36. The predicted octanol–water partition coefficient (Wildman–Crippen LogP) is 15.7. The molecule has 9 aromatic carbocycles. The van der Waals surface area contributed by atoms with E-state index in [1.54, 1.807) is 0 Å². The molecule has 0 atom stereocenters. The number of para-hydroxylation sites is 3. The van der Waals surface area contributed by atoms with Gasteiger partial charge in [0, 0.05) is 43.9 Å². The summed E-state index contributed by atoms with van der Waals surface area (Å²) in [6.07, 6.45) is 0. The normalized spacial score (nSPS) is 13.1. The molecule has 58 heavy (non-hydrogen) atoms. The van der Waals surface area contributed by atoms with E-state index in [-0.39, 0.29) is 5.41 Å². The summed E-state index contributed by atoms with van der Waals surface area (Å²) in [4.78, 5) is 2.40. The smallest absolute Gasteiger partial charge is 0.143 e. The molecular formula is C55H37NO2. The summed E-state index contributed by atoms with van der Waals surface area (Å²) in [5.41, 5.74) is 16.6. The summed E-state index contributed by atoms with van der Waals surface area (Å²) in [6.45, 7) is 4.69. The summed E-state index contributed by atoms with van der Waals surface area (Å²) in [5, 5.41) is 6.70. The number of furan rings is 2. The van der Waals surface area contributed by atoms with Gasteiger partial charge in [-0.2, -0.15) is 0 Å². The summed E-state index contributed by atoms with van der Waals surface area (Å²) >= 11 is 0. The molecule has 0 fully saturated rings. The molecule has 0 saturated carbocycles. The first-order chi connectivity index (χ1) is 28.5. The zero-order chi connectivity index (χ0) is 38.5. The van der Waals surface area contributed by atoms with Crippen molar-refractivity contribution in [2.24, 2.45) is 0 Å². The SMILES string of the molecule is CC1(C)c2ccccc2-c2ccc(N(c3ccccc3)c3cccc4oc5c6ccccc6c(-c6ccc(-c7cccc8c7oc7ccccc78)cc6)cc5c34)cc21. The molecule has 2 heterocycles. The van der Waals surface area contributed by atoms with Crippen LogP contribution in [0.1, 0.15) is 25.0 Å². The highest BCUT2D eigenvalue weighted by molar-refractivity contribution is 6.22. The van der Waals surface area contributed by atoms with Gasteiger partial charge in [-0.15, -0.1) is 0 Å². The fourth-order valence-corrected chi connectivity index (χ4v) is 9.69. The average Bonchev–Trinajstić information content (AvgIpc) is 3.92. The second-order valence-corrected chi connectivity index (χ2v) is 16.0. The number of benzene rings is 9. The zero-order valence-electron chi connectivity index (χ0n) is 32.2. The molecule has 0 radical (unpaired) electrons. The quantitative estimate of drug-likeness (QED) is 0.176. The lowest BCUT2D eigenvalue weighted by molar-refractivity contribution is 0.660. The Morgan fingerprint density at radius 2 is 0.983 bits per heavy atom. The first-order valence-corrected chi connectivity index (χ1v) is 20.0. The Morgan fingerprint density at radius 1 is 0.379 bits per heavy atom. The maximum absolute atomic E-state index is 6.87. The lowest BCUT2D eigenvalue weighted by atomic mass is 9.82. The van der Waals surface area contributed by atoms with Crippen LogP contribution in [0.15, 0.2) is 197 Å². The number of fused-ring (bicyclic) bond motifs is 11. The summed E-state index contributed by atoms with van der Waals surface area (Å²) < 4.78 is 13.3. The van der Waals surface area contributed by atoms with E-state index >= 15 is 0 Å². The largest absolute Gasteiger partial charge is 0.455 e. The van der Waals surface area contributed by atoms with Crippen molar-refractivity contribution in [2.45, 2.75) is 19.3 Å². The van der Waals surface area contributed by atoms with Crippen LogP contribution in [-0.2, 0) is 5.41 Å². The summed E-state index contributed by atoms with van der Waals surface area (Å²) in [5.74, 6) is 0. The Hall–Kier alpha value is -7.36. The summed E-state index contributed by atoms with van der Waals surface area (Å²) in [7, 11) is 0. The molecule has 3 heteroatoms. The van der Waals surface area contributed by atoms with Gasteiger partial charge in [0.2, 0.25) is 0 Å². The maximum atomic E-state index is 6.87. The highest BCUT2D eigenvalue weighted by atomic mass is 16.3. The van der Waals surface area contributed by atoms with Gasteiger partial charge in [-0.05, 0) is 92.9 Å². The maximum Gasteiger partial charge on any atom is 0.143 e. The minimum atomic E-state index is -0.124. The Bertz CT molecular complexity index is 3420. The number of hydrogen-bond donors (Lipinski definition) is 0. The predicted molar refractivity (Wildman–Crippen MR) is 242 cm³/mol. The monoisotopic (exact) mass is 743 g/mol. The van der Waals surface area contributed by atoms with E-state index in [2.05, 4.69) is 195 Å². The van der Waals surface area contributed by atoms with Gasteiger partial charge in [-0.3, -0.25) is 0 Å². The molecule has 11 aromatic rings. The first kappa shape index (κ1) is 32.8. The lowest BCUT2D eigenvalue weighted by Gasteiger charge is -2.28. The van der Waals surface area contributed by atoms with Gasteiger partial charge in [-0.1, -0.05) is 153 Å². The van der Waals surface area contributed by atoms with Gasteiger partial charge in [-0.25, -0.2) is 0 Å². The van der Waals surface area contributed by atoms with E-state index in [1.165, 1.54) is 22.3 Å². The van der Waals surface area contributed by atoms with E-state index in [9.17, 15) is 0 Å². The molecule has 1 aliphatic carbocycles. The second kappa shape index (κ2) is 12.3. The van der Waals surface area contributed by atoms with Gasteiger partial charge in [0.05, 0.1) is 11.1 Å². The number of anilines is 3. The van der Waals surface area contributed by atoms with Crippen LogP contribution < -0.4 is 4.90 Å². The first-order valence-electron chi connectivity index (χ1n) is 20.0. The molecule has 0 saturated heterocycles. The Kier molecular flexibility index (Phi) is 6.98. The number of rotatable bonds is 5. The van der Waals surface area contributed by atoms with Crippen molar-refractivity contribution in [1.82, 2.24) is 0 Å². The molecule has 12 rings (SSSR count). The molecule has 0 bridgehead atoms. The third-order valence-corrected chi connectivity index (χ3v) is 12.5. The van der Waals surface area contributed by atoms with Crippen molar-refractivity contribution in [3.63, 3.8) is 0 Å². The van der Waals surface area contributed by atoms with Crippen LogP contribution in [-0.4, -0.2) is 0 Å². The molecule has 0 aliphatic heterocycles. The van der Waals surface area contributed by atoms with Crippen LogP contribution in [0.4, 0.5) is 17.1 Å². The molecular weight excluding hydrogens is 707 g/mol. The standard InChI is InChI=1S/C55H37NO2/c1-55(2)47-22-10-8-17-40(47)41-31-30-37(32-48(41)55)56(36-14-4-3-5-15-36)49-23-13-25-51-52(49)46-33-45(39-16-6-7-19-43(39)54(46)58-51)35-28-26-34(27-29-35)38-20-12-21-44-42-18-9-11-24-50(42)57-53(38)44/h3-33H,1-2H3. The molecule has 3 nitrogen and oxygen atoms in total. The van der Waals surface area contributed by atoms with Crippen molar-refractivity contribution in [3.05, 3.63) is 199 Å². The lowest BCUT2D eigenvalue weighted by Crippen LogP contribution is -2.16. The Balaban J connectivity index is 1.05. The van der Waals surface area contributed by atoms with Crippen LogP contribution in [0.5, 0.6) is 0 Å². The van der Waals surface area contributed by atoms with Crippen molar-refractivity contribution < 1.29 is 8.83 Å². The Morgan fingerprint density at radius 3 is 1.83 bits per heavy atom. The number of nitrogens with zero attached hydrogens (tertiary/aromatic N) is 1. The van der Waals surface area contributed by atoms with Gasteiger partial charge in [0.25, 0.3) is 0 Å². The molecule has 0 amide bonds. The molecule has 0 unspecified atom stereocenters. The van der Waals surface area contributed by atoms with Crippen LogP contribution in [0.2, 0.25) is 0 Å². The molecule has 0 spiro atoms. The zero-order valence-corrected chi connectivity index (χ0v) is 32.2. The minimum absolute atomic E-state index is 0.124. The molecule has 0 N–H and O–H groups in total. The topological polar surface area (TPSA) is 29.5 Å². The van der Waals surface area contributed by atoms with Gasteiger partial charge < -0.3 is 13.7 Å². The highest BCUT2D eigenvalue weighted by Crippen LogP contribution is 2.52. The van der Waals surface area contributed by atoms with Gasteiger partial charge >= 0.3 is 0 Å². The molecule has 274 valence electrons. The van der Waals surface area contributed by atoms with Crippen molar-refractivity contribution in [1.29, 1.82) is 0 Å². The van der Waals surface area contributed by atoms with Crippen LogP contribution >= 0.6 is 0 Å².